The zero-order valence-electron chi connectivity index (χ0n) is 11.7. The quantitative estimate of drug-likeness (QED) is 0.775. The van der Waals surface area contributed by atoms with Crippen LogP contribution in [0.2, 0.25) is 0 Å². The number of carboxylic acid groups (broad SMARTS) is 1. The Balaban J connectivity index is 2.82. The average Bonchev–Trinajstić information content (AvgIpc) is 2.45. The maximum atomic E-state index is 13.0. The smallest absolute Gasteiger partial charge is 0.326 e. The molecule has 0 aromatic heterocycles. The summed E-state index contributed by atoms with van der Waals surface area (Å²) in [7, 11) is 0. The summed E-state index contributed by atoms with van der Waals surface area (Å²) in [6.07, 6.45) is 0.581. The number of nitrogens with zero attached hydrogens (tertiary/aromatic N) is 1. The number of carbonyl (C=O) groups excluding carboxylic acids is 1. The molecule has 2 amide bonds. The average molecular weight is 293 g/mol. The first kappa shape index (κ1) is 16.4. The summed E-state index contributed by atoms with van der Waals surface area (Å²) in [5, 5.41) is 22.6. The van der Waals surface area contributed by atoms with Gasteiger partial charge in [0.1, 0.15) is 17.9 Å². The Labute approximate surface area is 121 Å². The van der Waals surface area contributed by atoms with Crippen LogP contribution in [0.5, 0.6) is 0 Å². The molecule has 7 heteroatoms. The Kier molecular flexibility index (Phi) is 5.67. The predicted octanol–water partition coefficient (Wildman–Crippen LogP) is 2.32. The van der Waals surface area contributed by atoms with E-state index in [1.54, 1.807) is 13.0 Å². The molecule has 0 aliphatic carbocycles. The van der Waals surface area contributed by atoms with Crippen LogP contribution in [0.1, 0.15) is 25.8 Å². The molecule has 0 fully saturated rings. The van der Waals surface area contributed by atoms with Crippen molar-refractivity contribution in [2.45, 2.75) is 26.3 Å². The molecule has 0 aliphatic rings. The van der Waals surface area contributed by atoms with E-state index in [-0.39, 0.29) is 17.2 Å². The van der Waals surface area contributed by atoms with Crippen molar-refractivity contribution in [3.63, 3.8) is 0 Å². The van der Waals surface area contributed by atoms with Gasteiger partial charge in [0.15, 0.2) is 0 Å². The summed E-state index contributed by atoms with van der Waals surface area (Å²) < 4.78 is 13.0. The highest BCUT2D eigenvalue weighted by atomic mass is 19.1. The van der Waals surface area contributed by atoms with E-state index in [0.717, 1.165) is 12.1 Å². The molecule has 0 bridgehead atoms. The van der Waals surface area contributed by atoms with Crippen molar-refractivity contribution in [3.05, 3.63) is 29.6 Å². The van der Waals surface area contributed by atoms with E-state index in [0.29, 0.717) is 6.42 Å². The third-order valence-electron chi connectivity index (χ3n) is 3.12. The van der Waals surface area contributed by atoms with Crippen LogP contribution in [0, 0.1) is 23.1 Å². The maximum absolute atomic E-state index is 13.0. The van der Waals surface area contributed by atoms with Crippen LogP contribution in [0.3, 0.4) is 0 Å². The molecule has 0 spiro atoms. The summed E-state index contributed by atoms with van der Waals surface area (Å²) in [6, 6.07) is 3.28. The van der Waals surface area contributed by atoms with Crippen molar-refractivity contribution in [2.75, 3.05) is 5.32 Å². The topological polar surface area (TPSA) is 102 Å². The number of nitriles is 1. The number of rotatable bonds is 5. The van der Waals surface area contributed by atoms with Crippen molar-refractivity contribution in [2.24, 2.45) is 5.92 Å². The van der Waals surface area contributed by atoms with E-state index >= 15 is 0 Å². The maximum Gasteiger partial charge on any atom is 0.326 e. The van der Waals surface area contributed by atoms with Gasteiger partial charge < -0.3 is 15.7 Å². The zero-order valence-corrected chi connectivity index (χ0v) is 11.7. The largest absolute Gasteiger partial charge is 0.480 e. The van der Waals surface area contributed by atoms with Gasteiger partial charge in [-0.25, -0.2) is 14.0 Å². The number of carbonyl (C=O) groups is 2. The number of anilines is 1. The molecule has 0 heterocycles. The Morgan fingerprint density at radius 1 is 1.48 bits per heavy atom. The second-order valence-electron chi connectivity index (χ2n) is 4.60. The molecule has 1 rings (SSSR count). The molecule has 2 atom stereocenters. The van der Waals surface area contributed by atoms with E-state index in [9.17, 15) is 14.0 Å². The molecular formula is C14H16FN3O3. The second kappa shape index (κ2) is 7.24. The third kappa shape index (κ3) is 4.45. The Bertz CT molecular complexity index is 583. The van der Waals surface area contributed by atoms with E-state index in [4.69, 9.17) is 10.4 Å². The van der Waals surface area contributed by atoms with Crippen LogP contribution in [-0.4, -0.2) is 23.1 Å². The van der Waals surface area contributed by atoms with Gasteiger partial charge in [-0.3, -0.25) is 0 Å². The standard InChI is InChI=1S/C14H16FN3O3/c1-3-8(2)12(13(19)20)18-14(21)17-11-5-4-10(15)6-9(11)7-16/h4-6,8,12H,3H2,1-2H3,(H,19,20)(H2,17,18,21)/t8-,12-/m0/s1. The van der Waals surface area contributed by atoms with Crippen LogP contribution in [0.25, 0.3) is 0 Å². The lowest BCUT2D eigenvalue weighted by atomic mass is 9.99. The highest BCUT2D eigenvalue weighted by Crippen LogP contribution is 2.16. The molecule has 0 radical (unpaired) electrons. The lowest BCUT2D eigenvalue weighted by Crippen LogP contribution is -2.46. The van der Waals surface area contributed by atoms with Gasteiger partial charge in [0.05, 0.1) is 11.3 Å². The molecule has 112 valence electrons. The first-order chi connectivity index (χ1) is 9.88. The highest BCUT2D eigenvalue weighted by Gasteiger charge is 2.25. The number of hydrogen-bond donors (Lipinski definition) is 3. The monoisotopic (exact) mass is 293 g/mol. The summed E-state index contributed by atoms with van der Waals surface area (Å²) >= 11 is 0. The number of amides is 2. The lowest BCUT2D eigenvalue weighted by molar-refractivity contribution is -0.140. The van der Waals surface area contributed by atoms with Gasteiger partial charge in [-0.15, -0.1) is 0 Å². The first-order valence-electron chi connectivity index (χ1n) is 6.39. The van der Waals surface area contributed by atoms with Crippen LogP contribution in [0.15, 0.2) is 18.2 Å². The Hall–Kier alpha value is -2.62. The summed E-state index contributed by atoms with van der Waals surface area (Å²) in [6.45, 7) is 3.52. The van der Waals surface area contributed by atoms with Gasteiger partial charge in [-0.05, 0) is 24.1 Å². The van der Waals surface area contributed by atoms with E-state index in [2.05, 4.69) is 10.6 Å². The number of nitrogens with one attached hydrogen (secondary N) is 2. The molecular weight excluding hydrogens is 277 g/mol. The van der Waals surface area contributed by atoms with Gasteiger partial charge in [0, 0.05) is 0 Å². The van der Waals surface area contributed by atoms with Gasteiger partial charge in [0.2, 0.25) is 0 Å². The fourth-order valence-electron chi connectivity index (χ4n) is 1.70. The lowest BCUT2D eigenvalue weighted by Gasteiger charge is -2.20. The van der Waals surface area contributed by atoms with E-state index in [1.807, 2.05) is 6.92 Å². The molecule has 21 heavy (non-hydrogen) atoms. The normalized spacial score (nSPS) is 12.9. The zero-order chi connectivity index (χ0) is 16.0. The Morgan fingerprint density at radius 3 is 2.67 bits per heavy atom. The summed E-state index contributed by atoms with van der Waals surface area (Å²) in [5.41, 5.74) is 0.0743. The summed E-state index contributed by atoms with van der Waals surface area (Å²) in [5.74, 6) is -1.99. The van der Waals surface area contributed by atoms with Crippen molar-refractivity contribution in [1.29, 1.82) is 5.26 Å². The third-order valence-corrected chi connectivity index (χ3v) is 3.12. The number of aliphatic carboxylic acids is 1. The van der Waals surface area contributed by atoms with Crippen LogP contribution in [-0.2, 0) is 4.79 Å². The number of urea groups is 1. The first-order valence-corrected chi connectivity index (χ1v) is 6.39. The second-order valence-corrected chi connectivity index (χ2v) is 4.60. The van der Waals surface area contributed by atoms with Gasteiger partial charge in [0.25, 0.3) is 0 Å². The van der Waals surface area contributed by atoms with Crippen molar-refractivity contribution in [3.8, 4) is 6.07 Å². The van der Waals surface area contributed by atoms with Crippen molar-refractivity contribution in [1.82, 2.24) is 5.32 Å². The summed E-state index contributed by atoms with van der Waals surface area (Å²) in [4.78, 5) is 22.9. The van der Waals surface area contributed by atoms with Crippen molar-refractivity contribution >= 4 is 17.7 Å². The van der Waals surface area contributed by atoms with Crippen LogP contribution < -0.4 is 10.6 Å². The minimum atomic E-state index is -1.14. The molecule has 1 aromatic rings. The molecule has 0 aliphatic heterocycles. The SMILES string of the molecule is CC[C@H](C)[C@H](NC(=O)Nc1ccc(F)cc1C#N)C(=O)O. The molecule has 6 nitrogen and oxygen atoms in total. The number of halogens is 1. The number of benzene rings is 1. The molecule has 1 aromatic carbocycles. The van der Waals surface area contributed by atoms with E-state index in [1.165, 1.54) is 6.07 Å². The van der Waals surface area contributed by atoms with E-state index < -0.39 is 23.9 Å². The molecule has 0 unspecified atom stereocenters. The minimum Gasteiger partial charge on any atom is -0.480 e. The van der Waals surface area contributed by atoms with Gasteiger partial charge in [-0.2, -0.15) is 5.26 Å². The fourth-order valence-corrected chi connectivity index (χ4v) is 1.70. The fraction of sp³-hybridized carbons (Fsp3) is 0.357. The van der Waals surface area contributed by atoms with Gasteiger partial charge in [-0.1, -0.05) is 20.3 Å². The molecule has 3 N–H and O–H groups in total. The highest BCUT2D eigenvalue weighted by molar-refractivity contribution is 5.93. The Morgan fingerprint density at radius 2 is 2.14 bits per heavy atom. The minimum absolute atomic E-state index is 0.0411. The number of hydrogen-bond acceptors (Lipinski definition) is 3. The van der Waals surface area contributed by atoms with Crippen LogP contribution in [0.4, 0.5) is 14.9 Å². The van der Waals surface area contributed by atoms with Crippen molar-refractivity contribution < 1.29 is 19.1 Å². The molecule has 0 saturated carbocycles. The molecule has 0 saturated heterocycles. The predicted molar refractivity (Wildman–Crippen MR) is 74.1 cm³/mol. The number of carboxylic acids is 1. The van der Waals surface area contributed by atoms with Gasteiger partial charge >= 0.3 is 12.0 Å². The van der Waals surface area contributed by atoms with Crippen LogP contribution >= 0.6 is 0 Å².